The number of Topliss-reactive ketones (excluding diaryl/α,β-unsaturated/α-hetero) is 1. The van der Waals surface area contributed by atoms with Crippen molar-refractivity contribution in [1.82, 2.24) is 4.57 Å². The molecule has 1 aliphatic rings. The van der Waals surface area contributed by atoms with E-state index in [2.05, 4.69) is 36.6 Å². The highest BCUT2D eigenvalue weighted by Crippen LogP contribution is 2.27. The first-order valence-electron chi connectivity index (χ1n) is 6.42. The number of thiophene rings is 1. The maximum absolute atomic E-state index is 11.9. The minimum Gasteiger partial charge on any atom is -0.343 e. The number of carbonyl (C=O) groups excluding carboxylic acids is 1. The van der Waals surface area contributed by atoms with Crippen molar-refractivity contribution in [3.63, 3.8) is 0 Å². The van der Waals surface area contributed by atoms with Crippen molar-refractivity contribution >= 4 is 17.1 Å². The third kappa shape index (κ3) is 1.93. The number of carbonyl (C=O) groups is 1. The molecule has 94 valence electrons. The number of rotatable bonds is 2. The molecule has 2 aromatic heterocycles. The second-order valence-electron chi connectivity index (χ2n) is 5.02. The average Bonchev–Trinajstić information content (AvgIpc) is 2.87. The summed E-state index contributed by atoms with van der Waals surface area (Å²) in [6, 6.07) is 6.42. The molecule has 0 saturated heterocycles. The lowest BCUT2D eigenvalue weighted by Crippen LogP contribution is -2.13. The number of aromatic nitrogens is 1. The van der Waals surface area contributed by atoms with Gasteiger partial charge in [-0.3, -0.25) is 4.79 Å². The van der Waals surface area contributed by atoms with Gasteiger partial charge in [-0.05, 0) is 44.9 Å². The summed E-state index contributed by atoms with van der Waals surface area (Å²) in [6.45, 7) is 5.15. The fourth-order valence-corrected chi connectivity index (χ4v) is 3.62. The predicted molar refractivity (Wildman–Crippen MR) is 74.6 cm³/mol. The van der Waals surface area contributed by atoms with E-state index in [1.807, 2.05) is 11.3 Å². The summed E-state index contributed by atoms with van der Waals surface area (Å²) in [5.41, 5.74) is 3.42. The van der Waals surface area contributed by atoms with E-state index >= 15 is 0 Å². The van der Waals surface area contributed by atoms with Gasteiger partial charge in [0, 0.05) is 33.1 Å². The topological polar surface area (TPSA) is 22.0 Å². The zero-order valence-corrected chi connectivity index (χ0v) is 11.6. The summed E-state index contributed by atoms with van der Waals surface area (Å²) in [4.78, 5) is 14.6. The number of nitrogens with zero attached hydrogens (tertiary/aromatic N) is 1. The van der Waals surface area contributed by atoms with Gasteiger partial charge in [0.15, 0.2) is 5.78 Å². The van der Waals surface area contributed by atoms with Gasteiger partial charge in [-0.25, -0.2) is 0 Å². The fourth-order valence-electron chi connectivity index (χ4n) is 2.74. The van der Waals surface area contributed by atoms with Crippen LogP contribution in [0.4, 0.5) is 0 Å². The van der Waals surface area contributed by atoms with Gasteiger partial charge in [-0.15, -0.1) is 11.3 Å². The molecule has 0 saturated carbocycles. The van der Waals surface area contributed by atoms with Crippen LogP contribution >= 0.6 is 11.3 Å². The number of fused-ring (bicyclic) bond motifs is 1. The Morgan fingerprint density at radius 2 is 2.11 bits per heavy atom. The van der Waals surface area contributed by atoms with Crippen molar-refractivity contribution < 1.29 is 4.79 Å². The number of aryl methyl sites for hydroxylation is 2. The van der Waals surface area contributed by atoms with Crippen molar-refractivity contribution in [1.29, 1.82) is 0 Å². The number of hydrogen-bond donors (Lipinski definition) is 0. The standard InChI is InChI=1S/C15H17NOS/c1-10-8-13-14(4-3-5-15(13)17)16(10)9-12-7-6-11(2)18-12/h6-8H,3-5,9H2,1-2H3. The van der Waals surface area contributed by atoms with Gasteiger partial charge in [0.25, 0.3) is 0 Å². The Bertz CT molecular complexity index is 606. The quantitative estimate of drug-likeness (QED) is 0.805. The third-order valence-electron chi connectivity index (χ3n) is 3.64. The third-order valence-corrected chi connectivity index (χ3v) is 4.63. The predicted octanol–water partition coefficient (Wildman–Crippen LogP) is 3.73. The SMILES string of the molecule is Cc1ccc(Cn2c(C)cc3c2CCCC3=O)s1. The van der Waals surface area contributed by atoms with Crippen LogP contribution in [0.5, 0.6) is 0 Å². The highest BCUT2D eigenvalue weighted by atomic mass is 32.1. The van der Waals surface area contributed by atoms with Gasteiger partial charge in [0.2, 0.25) is 0 Å². The van der Waals surface area contributed by atoms with Gasteiger partial charge in [-0.2, -0.15) is 0 Å². The molecule has 3 heteroatoms. The zero-order chi connectivity index (χ0) is 12.7. The molecule has 0 aromatic carbocycles. The highest BCUT2D eigenvalue weighted by Gasteiger charge is 2.22. The molecule has 2 aromatic rings. The summed E-state index contributed by atoms with van der Waals surface area (Å²) in [6.07, 6.45) is 2.76. The fraction of sp³-hybridized carbons (Fsp3) is 0.400. The van der Waals surface area contributed by atoms with Gasteiger partial charge in [0.1, 0.15) is 0 Å². The van der Waals surface area contributed by atoms with Crippen LogP contribution in [0.25, 0.3) is 0 Å². The van der Waals surface area contributed by atoms with E-state index < -0.39 is 0 Å². The number of hydrogen-bond acceptors (Lipinski definition) is 2. The molecular formula is C15H17NOS. The van der Waals surface area contributed by atoms with Gasteiger partial charge >= 0.3 is 0 Å². The van der Waals surface area contributed by atoms with E-state index in [4.69, 9.17) is 0 Å². The Morgan fingerprint density at radius 3 is 2.83 bits per heavy atom. The Hall–Kier alpha value is -1.35. The first-order valence-corrected chi connectivity index (χ1v) is 7.24. The van der Waals surface area contributed by atoms with Crippen LogP contribution in [0.3, 0.4) is 0 Å². The minimum atomic E-state index is 0.320. The van der Waals surface area contributed by atoms with Crippen molar-refractivity contribution in [3.05, 3.63) is 44.9 Å². The summed E-state index contributed by atoms with van der Waals surface area (Å²) in [5.74, 6) is 0.320. The molecule has 0 radical (unpaired) electrons. The summed E-state index contributed by atoms with van der Waals surface area (Å²) < 4.78 is 2.32. The highest BCUT2D eigenvalue weighted by molar-refractivity contribution is 7.11. The van der Waals surface area contributed by atoms with E-state index in [9.17, 15) is 4.79 Å². The van der Waals surface area contributed by atoms with Crippen molar-refractivity contribution in [3.8, 4) is 0 Å². The molecule has 0 spiro atoms. The van der Waals surface area contributed by atoms with Crippen LogP contribution in [-0.4, -0.2) is 10.4 Å². The molecule has 18 heavy (non-hydrogen) atoms. The Morgan fingerprint density at radius 1 is 1.28 bits per heavy atom. The van der Waals surface area contributed by atoms with Crippen LogP contribution < -0.4 is 0 Å². The second kappa shape index (κ2) is 4.39. The molecule has 0 atom stereocenters. The smallest absolute Gasteiger partial charge is 0.164 e. The van der Waals surface area contributed by atoms with Crippen molar-refractivity contribution in [2.45, 2.75) is 39.7 Å². The summed E-state index contributed by atoms with van der Waals surface area (Å²) >= 11 is 1.84. The Labute approximate surface area is 111 Å². The minimum absolute atomic E-state index is 0.320. The largest absolute Gasteiger partial charge is 0.343 e. The van der Waals surface area contributed by atoms with Gasteiger partial charge < -0.3 is 4.57 Å². The molecule has 1 aliphatic carbocycles. The maximum Gasteiger partial charge on any atom is 0.164 e. The molecular weight excluding hydrogens is 242 g/mol. The molecule has 2 heterocycles. The van der Waals surface area contributed by atoms with Crippen molar-refractivity contribution in [2.75, 3.05) is 0 Å². The lowest BCUT2D eigenvalue weighted by molar-refractivity contribution is 0.0972. The molecule has 2 nitrogen and oxygen atoms in total. The van der Waals surface area contributed by atoms with Crippen LogP contribution in [-0.2, 0) is 13.0 Å². The van der Waals surface area contributed by atoms with Crippen LogP contribution in [0.2, 0.25) is 0 Å². The first-order chi connectivity index (χ1) is 8.65. The van der Waals surface area contributed by atoms with Crippen LogP contribution in [0, 0.1) is 13.8 Å². The van der Waals surface area contributed by atoms with Crippen molar-refractivity contribution in [2.24, 2.45) is 0 Å². The molecule has 0 amide bonds. The van der Waals surface area contributed by atoms with E-state index in [1.54, 1.807) is 0 Å². The van der Waals surface area contributed by atoms with E-state index in [1.165, 1.54) is 21.1 Å². The molecule has 3 rings (SSSR count). The second-order valence-corrected chi connectivity index (χ2v) is 6.39. The molecule has 0 unspecified atom stereocenters. The molecule has 0 bridgehead atoms. The van der Waals surface area contributed by atoms with E-state index in [0.717, 1.165) is 24.9 Å². The molecule has 0 aliphatic heterocycles. The van der Waals surface area contributed by atoms with Crippen LogP contribution in [0.1, 0.15) is 44.3 Å². The Kier molecular flexibility index (Phi) is 2.86. The number of ketones is 1. The monoisotopic (exact) mass is 259 g/mol. The van der Waals surface area contributed by atoms with Gasteiger partial charge in [-0.1, -0.05) is 0 Å². The Balaban J connectivity index is 1.99. The molecule has 0 N–H and O–H groups in total. The first kappa shape index (κ1) is 11.7. The summed E-state index contributed by atoms with van der Waals surface area (Å²) in [5, 5.41) is 0. The lowest BCUT2D eigenvalue weighted by atomic mass is 9.97. The summed E-state index contributed by atoms with van der Waals surface area (Å²) in [7, 11) is 0. The normalized spacial score (nSPS) is 14.9. The molecule has 0 fully saturated rings. The lowest BCUT2D eigenvalue weighted by Gasteiger charge is -2.15. The van der Waals surface area contributed by atoms with Crippen LogP contribution in [0.15, 0.2) is 18.2 Å². The van der Waals surface area contributed by atoms with E-state index in [-0.39, 0.29) is 0 Å². The average molecular weight is 259 g/mol. The maximum atomic E-state index is 11.9. The zero-order valence-electron chi connectivity index (χ0n) is 10.8. The van der Waals surface area contributed by atoms with Gasteiger partial charge in [0.05, 0.1) is 6.54 Å². The van der Waals surface area contributed by atoms with E-state index in [0.29, 0.717) is 12.2 Å².